The molecule has 7 heteroatoms. The highest BCUT2D eigenvalue weighted by atomic mass is 16.5. The van der Waals surface area contributed by atoms with E-state index >= 15 is 0 Å². The quantitative estimate of drug-likeness (QED) is 0.802. The number of aliphatic carboxylic acids is 1. The van der Waals surface area contributed by atoms with Crippen molar-refractivity contribution < 1.29 is 19.4 Å². The molecule has 2 amide bonds. The van der Waals surface area contributed by atoms with Crippen molar-refractivity contribution in [3.8, 4) is 6.07 Å². The van der Waals surface area contributed by atoms with E-state index in [1.165, 1.54) is 9.80 Å². The summed E-state index contributed by atoms with van der Waals surface area (Å²) in [5.41, 5.74) is 0. The van der Waals surface area contributed by atoms with Gasteiger partial charge in [-0.2, -0.15) is 5.26 Å². The number of urea groups is 1. The molecule has 7 nitrogen and oxygen atoms in total. The van der Waals surface area contributed by atoms with Crippen molar-refractivity contribution in [1.82, 2.24) is 9.80 Å². The van der Waals surface area contributed by atoms with Crippen LogP contribution in [0.3, 0.4) is 0 Å². The molecule has 2 unspecified atom stereocenters. The fraction of sp³-hybridized carbons (Fsp3) is 0.750. The van der Waals surface area contributed by atoms with Crippen LogP contribution in [0.15, 0.2) is 0 Å². The molecular formula is C12H19N3O4. The van der Waals surface area contributed by atoms with Gasteiger partial charge in [0.2, 0.25) is 0 Å². The van der Waals surface area contributed by atoms with Crippen molar-refractivity contribution in [3.63, 3.8) is 0 Å². The Bertz CT molecular complexity index is 380. The molecule has 0 spiro atoms. The number of carboxylic acids is 1. The highest BCUT2D eigenvalue weighted by Gasteiger charge is 2.30. The van der Waals surface area contributed by atoms with Crippen LogP contribution in [0.2, 0.25) is 0 Å². The zero-order valence-corrected chi connectivity index (χ0v) is 11.2. The Kier molecular flexibility index (Phi) is 5.57. The van der Waals surface area contributed by atoms with Gasteiger partial charge < -0.3 is 19.6 Å². The number of ether oxygens (including phenoxy) is 1. The lowest BCUT2D eigenvalue weighted by Crippen LogP contribution is -2.54. The van der Waals surface area contributed by atoms with Crippen LogP contribution in [-0.2, 0) is 9.53 Å². The lowest BCUT2D eigenvalue weighted by Gasteiger charge is -2.36. The molecule has 1 rings (SSSR count). The van der Waals surface area contributed by atoms with Crippen LogP contribution in [0.1, 0.15) is 20.3 Å². The molecule has 0 bridgehead atoms. The zero-order chi connectivity index (χ0) is 14.4. The van der Waals surface area contributed by atoms with Crippen LogP contribution < -0.4 is 0 Å². The number of rotatable bonds is 4. The zero-order valence-electron chi connectivity index (χ0n) is 11.2. The normalized spacial score (nSPS) is 20.5. The minimum Gasteiger partial charge on any atom is -0.480 e. The summed E-state index contributed by atoms with van der Waals surface area (Å²) in [4.78, 5) is 26.0. The van der Waals surface area contributed by atoms with Crippen molar-refractivity contribution in [2.45, 2.75) is 32.4 Å². The molecule has 1 aliphatic heterocycles. The standard InChI is InChI=1S/C12H19N3O4/c1-3-9(2)15(8-11(16)17)12(18)14-4-5-19-10(6-13)7-14/h9-10H,3-5,7-8H2,1-2H3,(H,16,17). The van der Waals surface area contributed by atoms with Gasteiger partial charge >= 0.3 is 12.0 Å². The number of carbonyl (C=O) groups excluding carboxylic acids is 1. The molecule has 1 N–H and O–H groups in total. The smallest absolute Gasteiger partial charge is 0.323 e. The molecule has 106 valence electrons. The number of hydrogen-bond donors (Lipinski definition) is 1. The number of carboxylic acid groups (broad SMARTS) is 1. The maximum atomic E-state index is 12.3. The summed E-state index contributed by atoms with van der Waals surface area (Å²) in [5.74, 6) is -1.04. The second kappa shape index (κ2) is 6.95. The van der Waals surface area contributed by atoms with Crippen molar-refractivity contribution in [2.24, 2.45) is 0 Å². The number of hydrogen-bond acceptors (Lipinski definition) is 4. The average molecular weight is 269 g/mol. The van der Waals surface area contributed by atoms with Crippen LogP contribution in [0, 0.1) is 11.3 Å². The van der Waals surface area contributed by atoms with Crippen LogP contribution in [0.4, 0.5) is 4.79 Å². The van der Waals surface area contributed by atoms with Crippen molar-refractivity contribution in [3.05, 3.63) is 0 Å². The first kappa shape index (κ1) is 15.2. The summed E-state index contributed by atoms with van der Waals surface area (Å²) in [6.07, 6.45) is 0.0340. The van der Waals surface area contributed by atoms with Gasteiger partial charge in [0.1, 0.15) is 6.54 Å². The Morgan fingerprint density at radius 1 is 1.63 bits per heavy atom. The van der Waals surface area contributed by atoms with Crippen LogP contribution in [0.5, 0.6) is 0 Å². The number of morpholine rings is 1. The molecular weight excluding hydrogens is 250 g/mol. The van der Waals surface area contributed by atoms with Crippen molar-refractivity contribution in [1.29, 1.82) is 5.26 Å². The van der Waals surface area contributed by atoms with Gasteiger partial charge in [-0.05, 0) is 13.3 Å². The van der Waals surface area contributed by atoms with E-state index in [-0.39, 0.29) is 25.2 Å². The van der Waals surface area contributed by atoms with E-state index in [4.69, 9.17) is 15.1 Å². The number of nitrogens with zero attached hydrogens (tertiary/aromatic N) is 3. The number of nitriles is 1. The van der Waals surface area contributed by atoms with E-state index in [0.717, 1.165) is 0 Å². The summed E-state index contributed by atoms with van der Waals surface area (Å²) < 4.78 is 5.17. The van der Waals surface area contributed by atoms with E-state index in [9.17, 15) is 9.59 Å². The van der Waals surface area contributed by atoms with Crippen LogP contribution >= 0.6 is 0 Å². The molecule has 1 fully saturated rings. The van der Waals surface area contributed by atoms with Crippen LogP contribution in [-0.4, -0.2) is 65.3 Å². The second-order valence-electron chi connectivity index (χ2n) is 4.50. The predicted molar refractivity (Wildman–Crippen MR) is 66.4 cm³/mol. The van der Waals surface area contributed by atoms with E-state index < -0.39 is 12.1 Å². The van der Waals surface area contributed by atoms with Crippen molar-refractivity contribution >= 4 is 12.0 Å². The van der Waals surface area contributed by atoms with E-state index in [2.05, 4.69) is 0 Å². The fourth-order valence-corrected chi connectivity index (χ4v) is 1.86. The third kappa shape index (κ3) is 4.10. The lowest BCUT2D eigenvalue weighted by atomic mass is 10.2. The predicted octanol–water partition coefficient (Wildman–Crippen LogP) is 0.516. The van der Waals surface area contributed by atoms with E-state index in [1.807, 2.05) is 19.9 Å². The van der Waals surface area contributed by atoms with Gasteiger partial charge in [-0.3, -0.25) is 4.79 Å². The minimum absolute atomic E-state index is 0.160. The maximum Gasteiger partial charge on any atom is 0.323 e. The molecule has 0 aromatic carbocycles. The first-order valence-electron chi connectivity index (χ1n) is 6.28. The Morgan fingerprint density at radius 3 is 2.84 bits per heavy atom. The summed E-state index contributed by atoms with van der Waals surface area (Å²) in [6.45, 7) is 4.23. The van der Waals surface area contributed by atoms with Gasteiger partial charge in [-0.25, -0.2) is 4.79 Å². The average Bonchev–Trinajstić information content (AvgIpc) is 2.43. The third-order valence-electron chi connectivity index (χ3n) is 3.16. The molecule has 0 saturated carbocycles. The molecule has 0 aromatic rings. The highest BCUT2D eigenvalue weighted by molar-refractivity contribution is 5.80. The topological polar surface area (TPSA) is 93.9 Å². The van der Waals surface area contributed by atoms with Gasteiger partial charge in [0.25, 0.3) is 0 Å². The Labute approximate surface area is 112 Å². The summed E-state index contributed by atoms with van der Waals surface area (Å²) >= 11 is 0. The molecule has 0 aliphatic carbocycles. The van der Waals surface area contributed by atoms with E-state index in [1.54, 1.807) is 0 Å². The summed E-state index contributed by atoms with van der Waals surface area (Å²) in [7, 11) is 0. The number of carbonyl (C=O) groups is 2. The Balaban J connectivity index is 2.75. The molecule has 19 heavy (non-hydrogen) atoms. The lowest BCUT2D eigenvalue weighted by molar-refractivity contribution is -0.138. The van der Waals surface area contributed by atoms with Crippen molar-refractivity contribution in [2.75, 3.05) is 26.2 Å². The molecule has 1 heterocycles. The molecule has 1 aliphatic rings. The highest BCUT2D eigenvalue weighted by Crippen LogP contribution is 2.12. The van der Waals surface area contributed by atoms with Gasteiger partial charge in [0, 0.05) is 12.6 Å². The molecule has 2 atom stereocenters. The maximum absolute atomic E-state index is 12.3. The second-order valence-corrected chi connectivity index (χ2v) is 4.50. The van der Waals surface area contributed by atoms with Crippen LogP contribution in [0.25, 0.3) is 0 Å². The monoisotopic (exact) mass is 269 g/mol. The molecule has 0 radical (unpaired) electrons. The Morgan fingerprint density at radius 2 is 2.32 bits per heavy atom. The number of amides is 2. The first-order chi connectivity index (χ1) is 8.99. The summed E-state index contributed by atoms with van der Waals surface area (Å²) in [6, 6.07) is 1.45. The molecule has 1 saturated heterocycles. The third-order valence-corrected chi connectivity index (χ3v) is 3.16. The fourth-order valence-electron chi connectivity index (χ4n) is 1.86. The van der Waals surface area contributed by atoms with Gasteiger partial charge in [0.15, 0.2) is 6.10 Å². The summed E-state index contributed by atoms with van der Waals surface area (Å²) in [5, 5.41) is 17.7. The first-order valence-corrected chi connectivity index (χ1v) is 6.28. The van der Waals surface area contributed by atoms with Gasteiger partial charge in [-0.15, -0.1) is 0 Å². The molecule has 0 aromatic heterocycles. The largest absolute Gasteiger partial charge is 0.480 e. The Hall–Kier alpha value is -1.81. The van der Waals surface area contributed by atoms with Gasteiger partial charge in [0.05, 0.1) is 19.2 Å². The minimum atomic E-state index is -1.04. The SMILES string of the molecule is CCC(C)N(CC(=O)O)C(=O)N1CCOC(C#N)C1. The van der Waals surface area contributed by atoms with E-state index in [0.29, 0.717) is 19.6 Å². The van der Waals surface area contributed by atoms with Gasteiger partial charge in [-0.1, -0.05) is 6.92 Å².